The molecule has 0 saturated carbocycles. The minimum absolute atomic E-state index is 0.0817. The van der Waals surface area contributed by atoms with Crippen molar-refractivity contribution in [3.05, 3.63) is 52.2 Å². The molecule has 0 amide bonds. The second-order valence-electron chi connectivity index (χ2n) is 4.04. The van der Waals surface area contributed by atoms with Gasteiger partial charge in [0.25, 0.3) is 12.2 Å². The number of nitrogens with zero attached hydrogens (tertiary/aromatic N) is 3. The molecule has 0 saturated heterocycles. The summed E-state index contributed by atoms with van der Waals surface area (Å²) in [5, 5.41) is 12.8. The fraction of sp³-hybridized carbons (Fsp3) is 0.143. The summed E-state index contributed by atoms with van der Waals surface area (Å²) in [7, 11) is 0. The number of hydrogen-bond acceptors (Lipinski definition) is 6. The summed E-state index contributed by atoms with van der Waals surface area (Å²) in [4.78, 5) is 24.9. The molecule has 114 valence electrons. The van der Waals surface area contributed by atoms with Crippen molar-refractivity contribution < 1.29 is 14.5 Å². The Kier molecular flexibility index (Phi) is 5.21. The van der Waals surface area contributed by atoms with Crippen LogP contribution in [0, 0.1) is 10.1 Å². The maximum atomic E-state index is 10.9. The summed E-state index contributed by atoms with van der Waals surface area (Å²) in [6, 6.07) is 6.63. The van der Waals surface area contributed by atoms with Gasteiger partial charge in [-0.3, -0.25) is 19.3 Å². The van der Waals surface area contributed by atoms with Gasteiger partial charge < -0.3 is 4.74 Å². The number of hydrogen-bond donors (Lipinski definition) is 0. The first-order valence-electron chi connectivity index (χ1n) is 6.38. The number of ether oxygens (including phenoxy) is 1. The molecule has 0 aliphatic heterocycles. The summed E-state index contributed by atoms with van der Waals surface area (Å²) >= 11 is 1.50. The predicted octanol–water partition coefficient (Wildman–Crippen LogP) is 3.15. The molecule has 22 heavy (non-hydrogen) atoms. The molecule has 0 atom stereocenters. The zero-order valence-corrected chi connectivity index (χ0v) is 12.5. The molecule has 2 heterocycles. The van der Waals surface area contributed by atoms with E-state index in [2.05, 4.69) is 9.72 Å². The molecule has 3 rings (SSSR count). The highest BCUT2D eigenvalue weighted by molar-refractivity contribution is 7.15. The van der Waals surface area contributed by atoms with Crippen molar-refractivity contribution in [3.63, 3.8) is 0 Å². The Morgan fingerprint density at radius 1 is 1.45 bits per heavy atom. The number of rotatable bonds is 4. The molecule has 0 unspecified atom stereocenters. The van der Waals surface area contributed by atoms with Crippen LogP contribution in [0.2, 0.25) is 0 Å². The van der Waals surface area contributed by atoms with Crippen molar-refractivity contribution in [2.45, 2.75) is 6.92 Å². The lowest BCUT2D eigenvalue weighted by atomic mass is 10.1. The molecule has 0 bridgehead atoms. The molecule has 0 aliphatic carbocycles. The highest BCUT2D eigenvalue weighted by Crippen LogP contribution is 2.29. The maximum absolute atomic E-state index is 10.9. The molecule has 1 aromatic carbocycles. The summed E-state index contributed by atoms with van der Waals surface area (Å²) in [6.07, 6.45) is 3.68. The molecule has 3 aromatic rings. The number of thiazole rings is 1. The van der Waals surface area contributed by atoms with Gasteiger partial charge in [-0.1, -0.05) is 12.1 Å². The Morgan fingerprint density at radius 2 is 2.23 bits per heavy atom. The van der Waals surface area contributed by atoms with E-state index < -0.39 is 0 Å². The highest BCUT2D eigenvalue weighted by Gasteiger charge is 2.16. The van der Waals surface area contributed by atoms with Crippen molar-refractivity contribution in [3.8, 4) is 11.3 Å². The average Bonchev–Trinajstić information content (AvgIpc) is 3.10. The quantitative estimate of drug-likeness (QED) is 0.419. The van der Waals surface area contributed by atoms with E-state index in [1.54, 1.807) is 31.3 Å². The Balaban J connectivity index is 0.000000309. The van der Waals surface area contributed by atoms with Gasteiger partial charge in [0.05, 0.1) is 22.8 Å². The molecule has 2 aromatic heterocycles. The van der Waals surface area contributed by atoms with Gasteiger partial charge in [-0.2, -0.15) is 0 Å². The van der Waals surface area contributed by atoms with Crippen LogP contribution >= 0.6 is 11.3 Å². The molecule has 0 spiro atoms. The number of carbonyl (C=O) groups excluding carboxylic acids is 1. The lowest BCUT2D eigenvalue weighted by Crippen LogP contribution is -1.91. The van der Waals surface area contributed by atoms with E-state index in [0.29, 0.717) is 24.3 Å². The van der Waals surface area contributed by atoms with Gasteiger partial charge in [0, 0.05) is 23.8 Å². The maximum Gasteiger partial charge on any atom is 0.293 e. The highest BCUT2D eigenvalue weighted by atomic mass is 32.1. The predicted molar refractivity (Wildman–Crippen MR) is 82.8 cm³/mol. The first-order valence-corrected chi connectivity index (χ1v) is 7.26. The normalized spacial score (nSPS) is 9.86. The fourth-order valence-corrected chi connectivity index (χ4v) is 2.47. The summed E-state index contributed by atoms with van der Waals surface area (Å²) in [6.45, 7) is 2.66. The number of para-hydroxylation sites is 1. The number of benzene rings is 1. The fourth-order valence-electron chi connectivity index (χ4n) is 1.77. The molecule has 0 fully saturated rings. The molecular formula is C14H13N3O4S. The Bertz CT molecular complexity index is 753. The summed E-state index contributed by atoms with van der Waals surface area (Å²) in [5.74, 6) is 0. The zero-order valence-electron chi connectivity index (χ0n) is 11.7. The topological polar surface area (TPSA) is 86.7 Å². The van der Waals surface area contributed by atoms with Crippen molar-refractivity contribution >= 4 is 28.5 Å². The third-order valence-corrected chi connectivity index (χ3v) is 3.48. The lowest BCUT2D eigenvalue weighted by Gasteiger charge is -1.97. The van der Waals surface area contributed by atoms with Gasteiger partial charge in [0.2, 0.25) is 0 Å². The van der Waals surface area contributed by atoms with Gasteiger partial charge in [0.15, 0.2) is 4.96 Å². The second kappa shape index (κ2) is 7.32. The zero-order chi connectivity index (χ0) is 15.9. The van der Waals surface area contributed by atoms with E-state index in [1.807, 2.05) is 16.0 Å². The minimum Gasteiger partial charge on any atom is -0.468 e. The van der Waals surface area contributed by atoms with Gasteiger partial charge in [0.1, 0.15) is 0 Å². The molecule has 7 nitrogen and oxygen atoms in total. The number of nitro benzene ring substituents is 1. The SMILES string of the molecule is CCOC=O.O=[N+]([O-])c1ccccc1-c1cn2ccsc2n1. The van der Waals surface area contributed by atoms with Crippen LogP contribution in [0.4, 0.5) is 5.69 Å². The third-order valence-electron chi connectivity index (χ3n) is 2.70. The molecule has 0 aliphatic rings. The lowest BCUT2D eigenvalue weighted by molar-refractivity contribution is -0.384. The van der Waals surface area contributed by atoms with Crippen LogP contribution in [0.1, 0.15) is 6.92 Å². The average molecular weight is 319 g/mol. The Hall–Kier alpha value is -2.74. The van der Waals surface area contributed by atoms with Crippen LogP contribution in [0.5, 0.6) is 0 Å². The van der Waals surface area contributed by atoms with Gasteiger partial charge in [-0.05, 0) is 13.0 Å². The molecule has 0 N–H and O–H groups in total. The van der Waals surface area contributed by atoms with Crippen molar-refractivity contribution in [2.75, 3.05) is 6.61 Å². The standard InChI is InChI=1S/C11H7N3O2S.C3H6O2/c15-14(16)10-4-2-1-3-8(10)9-7-13-5-6-17-11(13)12-9;1-2-5-3-4/h1-7H;3H,2H2,1H3. The minimum atomic E-state index is -0.386. The van der Waals surface area contributed by atoms with Crippen LogP contribution in [-0.4, -0.2) is 27.4 Å². The summed E-state index contributed by atoms with van der Waals surface area (Å²) in [5.41, 5.74) is 1.26. The van der Waals surface area contributed by atoms with E-state index in [-0.39, 0.29) is 10.6 Å². The van der Waals surface area contributed by atoms with Crippen molar-refractivity contribution in [2.24, 2.45) is 0 Å². The smallest absolute Gasteiger partial charge is 0.293 e. The van der Waals surface area contributed by atoms with Crippen LogP contribution < -0.4 is 0 Å². The molecular weight excluding hydrogens is 306 g/mol. The Morgan fingerprint density at radius 3 is 2.82 bits per heavy atom. The monoisotopic (exact) mass is 319 g/mol. The third kappa shape index (κ3) is 3.47. The number of fused-ring (bicyclic) bond motifs is 1. The van der Waals surface area contributed by atoms with Gasteiger partial charge in [-0.15, -0.1) is 11.3 Å². The van der Waals surface area contributed by atoms with Crippen LogP contribution in [0.25, 0.3) is 16.2 Å². The van der Waals surface area contributed by atoms with Crippen LogP contribution in [0.3, 0.4) is 0 Å². The van der Waals surface area contributed by atoms with Gasteiger partial charge in [-0.25, -0.2) is 4.98 Å². The molecule has 0 radical (unpaired) electrons. The first-order chi connectivity index (χ1) is 10.7. The van der Waals surface area contributed by atoms with Crippen molar-refractivity contribution in [1.82, 2.24) is 9.38 Å². The number of aromatic nitrogens is 2. The number of nitro groups is 1. The molecule has 8 heteroatoms. The number of carbonyl (C=O) groups is 1. The number of imidazole rings is 1. The van der Waals surface area contributed by atoms with E-state index in [0.717, 1.165) is 4.96 Å². The van der Waals surface area contributed by atoms with Crippen LogP contribution in [0.15, 0.2) is 42.0 Å². The Labute approximate surface area is 129 Å². The van der Waals surface area contributed by atoms with E-state index >= 15 is 0 Å². The second-order valence-corrected chi connectivity index (χ2v) is 4.92. The van der Waals surface area contributed by atoms with E-state index in [9.17, 15) is 14.9 Å². The van der Waals surface area contributed by atoms with Crippen molar-refractivity contribution in [1.29, 1.82) is 0 Å². The van der Waals surface area contributed by atoms with Gasteiger partial charge >= 0.3 is 0 Å². The summed E-state index contributed by atoms with van der Waals surface area (Å²) < 4.78 is 6.01. The van der Waals surface area contributed by atoms with E-state index in [1.165, 1.54) is 17.4 Å². The van der Waals surface area contributed by atoms with Crippen LogP contribution in [-0.2, 0) is 9.53 Å². The first kappa shape index (κ1) is 15.6. The largest absolute Gasteiger partial charge is 0.468 e. The van der Waals surface area contributed by atoms with E-state index in [4.69, 9.17) is 0 Å².